The van der Waals surface area contributed by atoms with Gasteiger partial charge in [-0.1, -0.05) is 24.4 Å². The van der Waals surface area contributed by atoms with E-state index in [0.29, 0.717) is 10.9 Å². The highest BCUT2D eigenvalue weighted by atomic mass is 32.1. The molecule has 0 aliphatic heterocycles. The molecule has 0 atom stereocenters. The average molecular weight is 244 g/mol. The van der Waals surface area contributed by atoms with Crippen molar-refractivity contribution in [3.05, 3.63) is 40.4 Å². The van der Waals surface area contributed by atoms with Crippen LogP contribution in [-0.2, 0) is 0 Å². The maximum absolute atomic E-state index is 11.7. The van der Waals surface area contributed by atoms with Crippen LogP contribution in [0.15, 0.2) is 29.1 Å². The van der Waals surface area contributed by atoms with Crippen molar-refractivity contribution in [1.29, 1.82) is 5.26 Å². The quantitative estimate of drug-likeness (QED) is 0.600. The first kappa shape index (κ1) is 11.2. The van der Waals surface area contributed by atoms with Crippen molar-refractivity contribution in [2.24, 2.45) is 0 Å². The van der Waals surface area contributed by atoms with E-state index >= 15 is 0 Å². The molecule has 5 nitrogen and oxygen atoms in total. The van der Waals surface area contributed by atoms with Gasteiger partial charge in [0.2, 0.25) is 0 Å². The number of H-pyrrole nitrogens is 1. The molecule has 0 radical (unpaired) electrons. The number of aromatic nitrogens is 2. The summed E-state index contributed by atoms with van der Waals surface area (Å²) in [5.41, 5.74) is 0.332. The maximum Gasteiger partial charge on any atom is 0.259 e. The van der Waals surface area contributed by atoms with Crippen LogP contribution in [0.25, 0.3) is 10.9 Å². The first-order valence-electron chi connectivity index (χ1n) is 4.86. The number of para-hydroxylation sites is 1. The number of nitrogens with zero attached hydrogens (tertiary/aromatic N) is 2. The first-order valence-corrected chi connectivity index (χ1v) is 5.27. The highest BCUT2D eigenvalue weighted by Gasteiger charge is 2.06. The number of hydrogen-bond acceptors (Lipinski definition) is 4. The molecule has 2 N–H and O–H groups in total. The Balaban J connectivity index is 2.47. The second kappa shape index (κ2) is 4.72. The van der Waals surface area contributed by atoms with Crippen LogP contribution in [0.5, 0.6) is 0 Å². The van der Waals surface area contributed by atoms with Crippen LogP contribution in [-0.4, -0.2) is 21.5 Å². The van der Waals surface area contributed by atoms with Gasteiger partial charge in [-0.05, 0) is 12.1 Å². The van der Waals surface area contributed by atoms with E-state index in [0.717, 1.165) is 0 Å². The van der Waals surface area contributed by atoms with Gasteiger partial charge in [-0.25, -0.2) is 4.98 Å². The largest absolute Gasteiger partial charge is 0.360 e. The first-order chi connectivity index (χ1) is 8.22. The van der Waals surface area contributed by atoms with E-state index in [1.807, 2.05) is 6.07 Å². The van der Waals surface area contributed by atoms with Crippen molar-refractivity contribution in [3.63, 3.8) is 0 Å². The van der Waals surface area contributed by atoms with Crippen molar-refractivity contribution in [3.8, 4) is 6.07 Å². The normalized spacial score (nSPS) is 9.82. The molecule has 0 saturated carbocycles. The zero-order valence-corrected chi connectivity index (χ0v) is 9.54. The minimum atomic E-state index is -0.244. The molecule has 2 rings (SSSR count). The summed E-state index contributed by atoms with van der Waals surface area (Å²) in [5.74, 6) is 0.277. The predicted molar refractivity (Wildman–Crippen MR) is 67.7 cm³/mol. The SMILES string of the molecule is N#CCNC(=S)c1nc2ccccc2c(=O)[nH]1. The lowest BCUT2D eigenvalue weighted by Crippen LogP contribution is -2.27. The molecular weight excluding hydrogens is 236 g/mol. The lowest BCUT2D eigenvalue weighted by Gasteiger charge is -2.04. The van der Waals surface area contributed by atoms with Gasteiger partial charge in [0.25, 0.3) is 5.56 Å². The van der Waals surface area contributed by atoms with Gasteiger partial charge in [-0.3, -0.25) is 4.79 Å². The lowest BCUT2D eigenvalue weighted by atomic mass is 10.2. The van der Waals surface area contributed by atoms with E-state index < -0.39 is 0 Å². The third kappa shape index (κ3) is 2.29. The predicted octanol–water partition coefficient (Wildman–Crippen LogP) is 0.712. The molecule has 0 fully saturated rings. The molecule has 0 spiro atoms. The summed E-state index contributed by atoms with van der Waals surface area (Å²) in [6.45, 7) is 0.0787. The van der Waals surface area contributed by atoms with Gasteiger partial charge in [0.1, 0.15) is 11.5 Å². The van der Waals surface area contributed by atoms with Gasteiger partial charge in [-0.15, -0.1) is 0 Å². The highest BCUT2D eigenvalue weighted by molar-refractivity contribution is 7.80. The van der Waals surface area contributed by atoms with E-state index in [9.17, 15) is 4.79 Å². The van der Waals surface area contributed by atoms with Crippen molar-refractivity contribution in [2.75, 3.05) is 6.54 Å². The van der Waals surface area contributed by atoms with Gasteiger partial charge in [0.15, 0.2) is 5.82 Å². The standard InChI is InChI=1S/C11H8N4OS/c12-5-6-13-11(17)9-14-8-4-2-1-3-7(8)10(16)15-9/h1-4H,6H2,(H,13,17)(H,14,15,16). The molecule has 84 valence electrons. The molecule has 0 unspecified atom stereocenters. The van der Waals surface area contributed by atoms with Crippen molar-refractivity contribution in [2.45, 2.75) is 0 Å². The molecule has 1 heterocycles. The zero-order valence-electron chi connectivity index (χ0n) is 8.73. The number of nitriles is 1. The number of rotatable bonds is 2. The van der Waals surface area contributed by atoms with Crippen LogP contribution >= 0.6 is 12.2 Å². The summed E-state index contributed by atoms with van der Waals surface area (Å²) >= 11 is 5.01. The van der Waals surface area contributed by atoms with E-state index in [1.165, 1.54) is 0 Å². The Morgan fingerprint density at radius 1 is 1.53 bits per heavy atom. The van der Waals surface area contributed by atoms with Crippen molar-refractivity contribution in [1.82, 2.24) is 15.3 Å². The van der Waals surface area contributed by atoms with Gasteiger partial charge >= 0.3 is 0 Å². The Labute approximate surface area is 102 Å². The molecule has 0 saturated heterocycles. The summed E-state index contributed by atoms with van der Waals surface area (Å²) < 4.78 is 0. The Morgan fingerprint density at radius 3 is 3.06 bits per heavy atom. The van der Waals surface area contributed by atoms with Crippen LogP contribution in [0.3, 0.4) is 0 Å². The summed E-state index contributed by atoms with van der Waals surface area (Å²) in [6.07, 6.45) is 0. The van der Waals surface area contributed by atoms with E-state index in [1.54, 1.807) is 24.3 Å². The average Bonchev–Trinajstić information content (AvgIpc) is 2.36. The van der Waals surface area contributed by atoms with E-state index in [4.69, 9.17) is 17.5 Å². The third-order valence-corrected chi connectivity index (χ3v) is 2.49. The lowest BCUT2D eigenvalue weighted by molar-refractivity contribution is 1.03. The van der Waals surface area contributed by atoms with E-state index in [-0.39, 0.29) is 22.9 Å². The van der Waals surface area contributed by atoms with Crippen LogP contribution in [0.1, 0.15) is 5.82 Å². The molecule has 1 aromatic carbocycles. The van der Waals surface area contributed by atoms with Crippen LogP contribution in [0, 0.1) is 11.3 Å². The number of nitrogens with one attached hydrogen (secondary N) is 2. The summed E-state index contributed by atoms with van der Waals surface area (Å²) in [6, 6.07) is 8.89. The minimum Gasteiger partial charge on any atom is -0.360 e. The molecule has 0 bridgehead atoms. The fourth-order valence-corrected chi connectivity index (χ4v) is 1.57. The molecule has 0 aliphatic rings. The zero-order chi connectivity index (χ0) is 12.3. The fraction of sp³-hybridized carbons (Fsp3) is 0.0909. The molecule has 1 aromatic heterocycles. The number of hydrogen-bond donors (Lipinski definition) is 2. The van der Waals surface area contributed by atoms with Crippen LogP contribution in [0.4, 0.5) is 0 Å². The summed E-state index contributed by atoms with van der Waals surface area (Å²) in [4.78, 5) is 18.8. The van der Waals surface area contributed by atoms with Crippen molar-refractivity contribution >= 4 is 28.1 Å². The topological polar surface area (TPSA) is 81.6 Å². The molecule has 17 heavy (non-hydrogen) atoms. The third-order valence-electron chi connectivity index (χ3n) is 2.16. The molecule has 0 aliphatic carbocycles. The summed E-state index contributed by atoms with van der Waals surface area (Å²) in [5, 5.41) is 11.6. The second-order valence-corrected chi connectivity index (χ2v) is 3.68. The molecule has 2 aromatic rings. The Kier molecular flexibility index (Phi) is 3.12. The smallest absolute Gasteiger partial charge is 0.259 e. The minimum absolute atomic E-state index is 0.0787. The summed E-state index contributed by atoms with van der Waals surface area (Å²) in [7, 11) is 0. The van der Waals surface area contributed by atoms with Gasteiger partial charge in [-0.2, -0.15) is 5.26 Å². The number of benzene rings is 1. The van der Waals surface area contributed by atoms with Gasteiger partial charge < -0.3 is 10.3 Å². The van der Waals surface area contributed by atoms with E-state index in [2.05, 4.69) is 15.3 Å². The van der Waals surface area contributed by atoms with Crippen LogP contribution in [0.2, 0.25) is 0 Å². The second-order valence-electron chi connectivity index (χ2n) is 3.27. The van der Waals surface area contributed by atoms with Gasteiger partial charge in [0, 0.05) is 0 Å². The number of fused-ring (bicyclic) bond motifs is 1. The number of thiocarbonyl (C=S) groups is 1. The highest BCUT2D eigenvalue weighted by Crippen LogP contribution is 2.05. The molecule has 0 amide bonds. The molecule has 6 heteroatoms. The van der Waals surface area contributed by atoms with Crippen molar-refractivity contribution < 1.29 is 0 Å². The number of aromatic amines is 1. The Morgan fingerprint density at radius 2 is 2.29 bits per heavy atom. The fourth-order valence-electron chi connectivity index (χ4n) is 1.40. The van der Waals surface area contributed by atoms with Crippen LogP contribution < -0.4 is 10.9 Å². The Bertz CT molecular complexity index is 671. The Hall–Kier alpha value is -2.26. The van der Waals surface area contributed by atoms with Gasteiger partial charge in [0.05, 0.1) is 17.0 Å². The maximum atomic E-state index is 11.7. The monoisotopic (exact) mass is 244 g/mol. The molecular formula is C11H8N4OS.